The Balaban J connectivity index is 1.77. The van der Waals surface area contributed by atoms with E-state index in [9.17, 15) is 19.2 Å². The fraction of sp³-hybridized carbons (Fsp3) is 0.333. The molecule has 29 heavy (non-hydrogen) atoms. The summed E-state index contributed by atoms with van der Waals surface area (Å²) in [4.78, 5) is 52.6. The van der Waals surface area contributed by atoms with Gasteiger partial charge in [0.1, 0.15) is 0 Å². The standard InChI is InChI=1S/C21H22N2O5S/c1-10-18(12(3)24)11(2)22-19(10)20(26)13(4)28-21(27)14-5-6-16-15(9-14)23-17(25)7-8-29-16/h5-6,9,13,22H,7-8H2,1-4H3,(H,23,25)/t13-/m0/s1. The molecular formula is C21H22N2O5S. The molecule has 2 N–H and O–H groups in total. The molecule has 0 radical (unpaired) electrons. The van der Waals surface area contributed by atoms with Crippen molar-refractivity contribution < 1.29 is 23.9 Å². The molecule has 2 heterocycles. The lowest BCUT2D eigenvalue weighted by Gasteiger charge is -2.13. The third kappa shape index (κ3) is 4.27. The van der Waals surface area contributed by atoms with Gasteiger partial charge in [0.2, 0.25) is 11.7 Å². The van der Waals surface area contributed by atoms with Crippen LogP contribution in [0.25, 0.3) is 0 Å². The van der Waals surface area contributed by atoms with Gasteiger partial charge >= 0.3 is 5.97 Å². The number of amides is 1. The van der Waals surface area contributed by atoms with Crippen LogP contribution in [0, 0.1) is 13.8 Å². The molecule has 0 aliphatic carbocycles. The van der Waals surface area contributed by atoms with Gasteiger partial charge in [0.15, 0.2) is 11.9 Å². The number of esters is 1. The number of hydrogen-bond acceptors (Lipinski definition) is 6. The Morgan fingerprint density at radius 2 is 1.93 bits per heavy atom. The van der Waals surface area contributed by atoms with Gasteiger partial charge in [-0.25, -0.2) is 4.79 Å². The van der Waals surface area contributed by atoms with Crippen LogP contribution in [0.2, 0.25) is 0 Å². The maximum absolute atomic E-state index is 12.8. The maximum atomic E-state index is 12.8. The Bertz CT molecular complexity index is 1020. The van der Waals surface area contributed by atoms with Crippen molar-refractivity contribution in [2.75, 3.05) is 11.1 Å². The average Bonchev–Trinajstić information content (AvgIpc) is 2.83. The second-order valence-electron chi connectivity index (χ2n) is 6.95. The van der Waals surface area contributed by atoms with Crippen molar-refractivity contribution in [3.05, 3.63) is 46.3 Å². The predicted octanol–water partition coefficient (Wildman–Crippen LogP) is 3.70. The molecule has 0 spiro atoms. The quantitative estimate of drug-likeness (QED) is 0.571. The van der Waals surface area contributed by atoms with Gasteiger partial charge in [-0.3, -0.25) is 14.4 Å². The van der Waals surface area contributed by atoms with Crippen molar-refractivity contribution in [1.82, 2.24) is 4.98 Å². The van der Waals surface area contributed by atoms with Crippen LogP contribution in [0.4, 0.5) is 5.69 Å². The molecule has 8 heteroatoms. The summed E-state index contributed by atoms with van der Waals surface area (Å²) in [5.41, 5.74) is 2.70. The highest BCUT2D eigenvalue weighted by Crippen LogP contribution is 2.31. The van der Waals surface area contributed by atoms with E-state index in [0.29, 0.717) is 34.7 Å². The highest BCUT2D eigenvalue weighted by atomic mass is 32.2. The lowest BCUT2D eigenvalue weighted by molar-refractivity contribution is -0.115. The third-order valence-electron chi connectivity index (χ3n) is 4.77. The molecule has 0 bridgehead atoms. The first-order valence-corrected chi connectivity index (χ1v) is 10.2. The lowest BCUT2D eigenvalue weighted by Crippen LogP contribution is -2.25. The van der Waals surface area contributed by atoms with Crippen molar-refractivity contribution in [2.45, 2.75) is 45.1 Å². The van der Waals surface area contributed by atoms with E-state index in [1.54, 1.807) is 32.0 Å². The van der Waals surface area contributed by atoms with E-state index in [2.05, 4.69) is 10.3 Å². The van der Waals surface area contributed by atoms with Gasteiger partial charge in [0.25, 0.3) is 0 Å². The van der Waals surface area contributed by atoms with E-state index in [-0.39, 0.29) is 22.9 Å². The van der Waals surface area contributed by atoms with Gasteiger partial charge in [0, 0.05) is 28.3 Å². The van der Waals surface area contributed by atoms with E-state index in [4.69, 9.17) is 4.74 Å². The molecule has 1 amide bonds. The highest BCUT2D eigenvalue weighted by Gasteiger charge is 2.26. The summed E-state index contributed by atoms with van der Waals surface area (Å²) in [6.45, 7) is 6.34. The summed E-state index contributed by atoms with van der Waals surface area (Å²) in [5.74, 6) is -0.644. The number of ether oxygens (including phenoxy) is 1. The first-order valence-electron chi connectivity index (χ1n) is 9.21. The molecule has 1 aliphatic heterocycles. The van der Waals surface area contributed by atoms with Crippen LogP contribution in [0.15, 0.2) is 23.1 Å². The zero-order valence-corrected chi connectivity index (χ0v) is 17.5. The number of hydrogen-bond donors (Lipinski definition) is 2. The van der Waals surface area contributed by atoms with Crippen LogP contribution in [0.1, 0.15) is 62.7 Å². The van der Waals surface area contributed by atoms with E-state index in [0.717, 1.165) is 4.90 Å². The topological polar surface area (TPSA) is 105 Å². The number of aryl methyl sites for hydroxylation is 1. The van der Waals surface area contributed by atoms with E-state index in [1.807, 2.05) is 0 Å². The van der Waals surface area contributed by atoms with Crippen LogP contribution < -0.4 is 5.32 Å². The third-order valence-corrected chi connectivity index (χ3v) is 5.84. The number of carbonyl (C=O) groups excluding carboxylic acids is 4. The van der Waals surface area contributed by atoms with Crippen LogP contribution in [-0.4, -0.2) is 40.3 Å². The fourth-order valence-corrected chi connectivity index (χ4v) is 4.29. The second-order valence-corrected chi connectivity index (χ2v) is 8.09. The molecule has 3 rings (SSSR count). The smallest absolute Gasteiger partial charge is 0.338 e. The highest BCUT2D eigenvalue weighted by molar-refractivity contribution is 7.99. The van der Waals surface area contributed by atoms with Crippen molar-refractivity contribution >= 4 is 40.9 Å². The second kappa shape index (κ2) is 8.24. The van der Waals surface area contributed by atoms with Crippen molar-refractivity contribution in [3.8, 4) is 0 Å². The summed E-state index contributed by atoms with van der Waals surface area (Å²) in [5, 5.41) is 2.78. The Morgan fingerprint density at radius 1 is 1.21 bits per heavy atom. The summed E-state index contributed by atoms with van der Waals surface area (Å²) in [6, 6.07) is 4.93. The summed E-state index contributed by atoms with van der Waals surface area (Å²) in [7, 11) is 0. The average molecular weight is 414 g/mol. The molecule has 7 nitrogen and oxygen atoms in total. The van der Waals surface area contributed by atoms with Crippen LogP contribution in [-0.2, 0) is 9.53 Å². The number of benzene rings is 1. The molecule has 0 fully saturated rings. The van der Waals surface area contributed by atoms with Crippen molar-refractivity contribution in [2.24, 2.45) is 0 Å². The van der Waals surface area contributed by atoms with Gasteiger partial charge in [0.05, 0.1) is 16.9 Å². The molecule has 1 aromatic heterocycles. The van der Waals surface area contributed by atoms with Gasteiger partial charge < -0.3 is 15.0 Å². The van der Waals surface area contributed by atoms with Gasteiger partial charge in [-0.15, -0.1) is 11.8 Å². The van der Waals surface area contributed by atoms with Crippen LogP contribution >= 0.6 is 11.8 Å². The zero-order chi connectivity index (χ0) is 21.3. The van der Waals surface area contributed by atoms with Gasteiger partial charge in [-0.05, 0) is 51.5 Å². The monoisotopic (exact) mass is 414 g/mol. The molecule has 0 saturated heterocycles. The number of H-pyrrole nitrogens is 1. The van der Waals surface area contributed by atoms with Gasteiger partial charge in [-0.2, -0.15) is 0 Å². The molecule has 0 unspecified atom stereocenters. The number of carbonyl (C=O) groups is 4. The molecule has 2 aromatic rings. The molecule has 1 atom stereocenters. The molecular weight excluding hydrogens is 392 g/mol. The Labute approximate surface area is 172 Å². The fourth-order valence-electron chi connectivity index (χ4n) is 3.36. The summed E-state index contributed by atoms with van der Waals surface area (Å²) < 4.78 is 5.35. The predicted molar refractivity (Wildman–Crippen MR) is 110 cm³/mol. The number of nitrogens with one attached hydrogen (secondary N) is 2. The number of ketones is 2. The number of anilines is 1. The summed E-state index contributed by atoms with van der Waals surface area (Å²) in [6.07, 6.45) is -0.635. The number of Topliss-reactive ketones (excluding diaryl/α,β-unsaturated/α-hetero) is 2. The van der Waals surface area contributed by atoms with E-state index < -0.39 is 17.9 Å². The molecule has 1 aliphatic rings. The number of thioether (sulfide) groups is 1. The normalized spacial score (nSPS) is 14.4. The Hall–Kier alpha value is -2.87. The van der Waals surface area contributed by atoms with Crippen LogP contribution in [0.3, 0.4) is 0 Å². The minimum absolute atomic E-state index is 0.107. The number of aromatic amines is 1. The number of fused-ring (bicyclic) bond motifs is 1. The SMILES string of the molecule is CC(=O)c1c(C)[nH]c(C(=O)[C@H](C)OC(=O)c2ccc3c(c2)NC(=O)CCS3)c1C. The number of aromatic nitrogens is 1. The minimum Gasteiger partial charge on any atom is -0.451 e. The first kappa shape index (κ1) is 20.9. The van der Waals surface area contributed by atoms with Crippen molar-refractivity contribution in [3.63, 3.8) is 0 Å². The minimum atomic E-state index is -1.04. The first-order chi connectivity index (χ1) is 13.7. The Morgan fingerprint density at radius 3 is 2.59 bits per heavy atom. The summed E-state index contributed by atoms with van der Waals surface area (Å²) >= 11 is 1.54. The maximum Gasteiger partial charge on any atom is 0.338 e. The lowest BCUT2D eigenvalue weighted by atomic mass is 10.0. The van der Waals surface area contributed by atoms with E-state index in [1.165, 1.54) is 25.6 Å². The van der Waals surface area contributed by atoms with Gasteiger partial charge in [-0.1, -0.05) is 0 Å². The Kier molecular flexibility index (Phi) is 5.93. The number of rotatable bonds is 5. The zero-order valence-electron chi connectivity index (χ0n) is 16.7. The molecule has 0 saturated carbocycles. The molecule has 1 aromatic carbocycles. The molecule has 152 valence electrons. The van der Waals surface area contributed by atoms with Crippen LogP contribution in [0.5, 0.6) is 0 Å². The largest absolute Gasteiger partial charge is 0.451 e. The van der Waals surface area contributed by atoms with E-state index >= 15 is 0 Å². The van der Waals surface area contributed by atoms with Crippen molar-refractivity contribution in [1.29, 1.82) is 0 Å².